The van der Waals surface area contributed by atoms with Crippen molar-refractivity contribution in [1.29, 1.82) is 0 Å². The normalized spacial score (nSPS) is 10.3. The summed E-state index contributed by atoms with van der Waals surface area (Å²) in [5.74, 6) is -0.847. The Balaban J connectivity index is 2.77. The van der Waals surface area contributed by atoms with E-state index < -0.39 is 5.97 Å². The quantitative estimate of drug-likeness (QED) is 0.795. The molecule has 0 bridgehead atoms. The van der Waals surface area contributed by atoms with Crippen LogP contribution in [0.25, 0.3) is 0 Å². The fourth-order valence-electron chi connectivity index (χ4n) is 1.43. The van der Waals surface area contributed by atoms with E-state index in [1.165, 1.54) is 4.57 Å². The molecule has 0 aromatic carbocycles. The van der Waals surface area contributed by atoms with Crippen LogP contribution in [0.5, 0.6) is 0 Å². The van der Waals surface area contributed by atoms with Gasteiger partial charge in [0.2, 0.25) is 0 Å². The highest BCUT2D eigenvalue weighted by Gasteiger charge is 2.03. The molecule has 1 heterocycles. The molecule has 82 valence electrons. The van der Waals surface area contributed by atoms with E-state index in [4.69, 9.17) is 5.11 Å². The maximum absolute atomic E-state index is 11.4. The topological polar surface area (TPSA) is 72.2 Å². The van der Waals surface area contributed by atoms with Gasteiger partial charge in [-0.1, -0.05) is 0 Å². The van der Waals surface area contributed by atoms with Crippen LogP contribution < -0.4 is 5.69 Å². The van der Waals surface area contributed by atoms with Crippen LogP contribution >= 0.6 is 0 Å². The SMILES string of the molecule is Cc1cc(C)n(CCCC(=O)O)c(=O)n1. The lowest BCUT2D eigenvalue weighted by atomic mass is 10.3. The average Bonchev–Trinajstić information content (AvgIpc) is 2.08. The lowest BCUT2D eigenvalue weighted by Crippen LogP contribution is -2.25. The van der Waals surface area contributed by atoms with Crippen molar-refractivity contribution in [3.05, 3.63) is 27.9 Å². The van der Waals surface area contributed by atoms with Gasteiger partial charge in [-0.05, 0) is 26.3 Å². The van der Waals surface area contributed by atoms with E-state index in [1.807, 2.05) is 13.0 Å². The van der Waals surface area contributed by atoms with Crippen molar-refractivity contribution in [2.45, 2.75) is 33.2 Å². The van der Waals surface area contributed by atoms with E-state index >= 15 is 0 Å². The largest absolute Gasteiger partial charge is 0.481 e. The maximum atomic E-state index is 11.4. The number of nitrogens with zero attached hydrogens (tertiary/aromatic N) is 2. The molecule has 0 aliphatic rings. The van der Waals surface area contributed by atoms with Gasteiger partial charge in [0, 0.05) is 24.4 Å². The molecule has 0 amide bonds. The summed E-state index contributed by atoms with van der Waals surface area (Å²) in [5.41, 5.74) is 1.20. The van der Waals surface area contributed by atoms with Crippen LogP contribution in [0, 0.1) is 13.8 Å². The Morgan fingerprint density at radius 3 is 2.73 bits per heavy atom. The van der Waals surface area contributed by atoms with Crippen LogP contribution in [0.3, 0.4) is 0 Å². The third-order valence-corrected chi connectivity index (χ3v) is 2.12. The zero-order valence-electron chi connectivity index (χ0n) is 8.86. The standard InChI is InChI=1S/C10H14N2O3/c1-7-6-8(2)12(10(15)11-7)5-3-4-9(13)14/h6H,3-5H2,1-2H3,(H,13,14). The number of aromatic nitrogens is 2. The van der Waals surface area contributed by atoms with Crippen molar-refractivity contribution in [2.75, 3.05) is 0 Å². The second-order valence-electron chi connectivity index (χ2n) is 3.47. The number of carboxylic acids is 1. The molecule has 0 fully saturated rings. The molecular weight excluding hydrogens is 196 g/mol. The van der Waals surface area contributed by atoms with E-state index in [2.05, 4.69) is 4.98 Å². The Kier molecular flexibility index (Phi) is 3.60. The lowest BCUT2D eigenvalue weighted by Gasteiger charge is -2.08. The number of aliphatic carboxylic acids is 1. The minimum Gasteiger partial charge on any atom is -0.481 e. The molecule has 0 unspecified atom stereocenters. The number of rotatable bonds is 4. The van der Waals surface area contributed by atoms with E-state index in [0.29, 0.717) is 18.7 Å². The van der Waals surface area contributed by atoms with Gasteiger partial charge >= 0.3 is 11.7 Å². The summed E-state index contributed by atoms with van der Waals surface area (Å²) in [6.07, 6.45) is 0.514. The zero-order chi connectivity index (χ0) is 11.4. The summed E-state index contributed by atoms with van der Waals surface area (Å²) >= 11 is 0. The second-order valence-corrected chi connectivity index (χ2v) is 3.47. The van der Waals surface area contributed by atoms with Gasteiger partial charge < -0.3 is 5.11 Å². The Labute approximate surface area is 87.4 Å². The van der Waals surface area contributed by atoms with Gasteiger partial charge in [-0.2, -0.15) is 4.98 Å². The minimum absolute atomic E-state index is 0.0692. The van der Waals surface area contributed by atoms with E-state index in [0.717, 1.165) is 5.69 Å². The predicted octanol–water partition coefficient (Wildman–Crippen LogP) is 0.725. The highest BCUT2D eigenvalue weighted by molar-refractivity contribution is 5.66. The monoisotopic (exact) mass is 210 g/mol. The second kappa shape index (κ2) is 4.72. The van der Waals surface area contributed by atoms with Crippen molar-refractivity contribution in [3.63, 3.8) is 0 Å². The van der Waals surface area contributed by atoms with Gasteiger partial charge in [0.15, 0.2) is 0 Å². The molecule has 1 aromatic rings. The summed E-state index contributed by atoms with van der Waals surface area (Å²) in [7, 11) is 0. The van der Waals surface area contributed by atoms with Crippen LogP contribution in [-0.2, 0) is 11.3 Å². The van der Waals surface area contributed by atoms with Gasteiger partial charge in [-0.15, -0.1) is 0 Å². The molecule has 15 heavy (non-hydrogen) atoms. The van der Waals surface area contributed by atoms with Gasteiger partial charge in [0.05, 0.1) is 0 Å². The van der Waals surface area contributed by atoms with Crippen LogP contribution in [-0.4, -0.2) is 20.6 Å². The van der Waals surface area contributed by atoms with E-state index in [1.54, 1.807) is 6.92 Å². The van der Waals surface area contributed by atoms with Crippen molar-refractivity contribution in [1.82, 2.24) is 9.55 Å². The predicted molar refractivity (Wildman–Crippen MR) is 54.8 cm³/mol. The molecule has 0 saturated carbocycles. The van der Waals surface area contributed by atoms with Crippen LogP contribution in [0.2, 0.25) is 0 Å². The summed E-state index contributed by atoms with van der Waals surface area (Å²) in [6.45, 7) is 3.98. The van der Waals surface area contributed by atoms with Crippen molar-refractivity contribution < 1.29 is 9.90 Å². The Morgan fingerprint density at radius 2 is 2.20 bits per heavy atom. The maximum Gasteiger partial charge on any atom is 0.347 e. The van der Waals surface area contributed by atoms with Crippen LogP contribution in [0.15, 0.2) is 10.9 Å². The average molecular weight is 210 g/mol. The molecule has 0 atom stereocenters. The summed E-state index contributed by atoms with van der Waals surface area (Å²) in [5, 5.41) is 8.47. The number of hydrogen-bond donors (Lipinski definition) is 1. The first-order valence-electron chi connectivity index (χ1n) is 4.77. The minimum atomic E-state index is -0.847. The third-order valence-electron chi connectivity index (χ3n) is 2.12. The Morgan fingerprint density at radius 1 is 1.53 bits per heavy atom. The summed E-state index contributed by atoms with van der Waals surface area (Å²) in [4.78, 5) is 25.5. The van der Waals surface area contributed by atoms with E-state index in [-0.39, 0.29) is 12.1 Å². The molecule has 0 radical (unpaired) electrons. The van der Waals surface area contributed by atoms with Gasteiger partial charge in [0.25, 0.3) is 0 Å². The molecule has 1 aromatic heterocycles. The summed E-state index contributed by atoms with van der Waals surface area (Å²) in [6, 6.07) is 1.81. The molecular formula is C10H14N2O3. The molecule has 0 aliphatic heterocycles. The number of carboxylic acid groups (broad SMARTS) is 1. The first kappa shape index (κ1) is 11.4. The fourth-order valence-corrected chi connectivity index (χ4v) is 1.43. The highest BCUT2D eigenvalue weighted by Crippen LogP contribution is 1.99. The highest BCUT2D eigenvalue weighted by atomic mass is 16.4. The molecule has 0 saturated heterocycles. The first-order chi connectivity index (χ1) is 7.00. The van der Waals surface area contributed by atoms with Crippen LogP contribution in [0.1, 0.15) is 24.2 Å². The third kappa shape index (κ3) is 3.19. The molecule has 1 rings (SSSR count). The smallest absolute Gasteiger partial charge is 0.347 e. The first-order valence-corrected chi connectivity index (χ1v) is 4.77. The molecule has 0 spiro atoms. The zero-order valence-corrected chi connectivity index (χ0v) is 8.86. The molecule has 1 N–H and O–H groups in total. The van der Waals surface area contributed by atoms with Crippen molar-refractivity contribution in [3.8, 4) is 0 Å². The van der Waals surface area contributed by atoms with Crippen molar-refractivity contribution >= 4 is 5.97 Å². The number of carbonyl (C=O) groups is 1. The summed E-state index contributed by atoms with van der Waals surface area (Å²) < 4.78 is 1.50. The van der Waals surface area contributed by atoms with Crippen molar-refractivity contribution in [2.24, 2.45) is 0 Å². The Bertz CT molecular complexity index is 423. The van der Waals surface area contributed by atoms with Gasteiger partial charge in [-0.3, -0.25) is 9.36 Å². The molecule has 5 heteroatoms. The number of aryl methyl sites for hydroxylation is 2. The Hall–Kier alpha value is -1.65. The number of hydrogen-bond acceptors (Lipinski definition) is 3. The van der Waals surface area contributed by atoms with Gasteiger partial charge in [-0.25, -0.2) is 4.79 Å². The van der Waals surface area contributed by atoms with Crippen LogP contribution in [0.4, 0.5) is 0 Å². The molecule has 0 aliphatic carbocycles. The molecule has 5 nitrogen and oxygen atoms in total. The lowest BCUT2D eigenvalue weighted by molar-refractivity contribution is -0.137. The fraction of sp³-hybridized carbons (Fsp3) is 0.500. The van der Waals surface area contributed by atoms with Gasteiger partial charge in [0.1, 0.15) is 0 Å². The van der Waals surface area contributed by atoms with E-state index in [9.17, 15) is 9.59 Å².